The van der Waals surface area contributed by atoms with Crippen LogP contribution in [0.2, 0.25) is 0 Å². The largest absolute Gasteiger partial charge is 0.359 e. The fraction of sp³-hybridized carbons (Fsp3) is 0.167. The van der Waals surface area contributed by atoms with Gasteiger partial charge in [-0.1, -0.05) is 11.2 Å². The third-order valence-electron chi connectivity index (χ3n) is 2.73. The van der Waals surface area contributed by atoms with Crippen LogP contribution in [0.15, 0.2) is 38.1 Å². The van der Waals surface area contributed by atoms with Crippen molar-refractivity contribution in [3.05, 3.63) is 50.5 Å². The molecule has 0 saturated heterocycles. The number of aromatic nitrogens is 3. The molecule has 0 fully saturated rings. The van der Waals surface area contributed by atoms with Crippen LogP contribution < -0.4 is 5.56 Å². The van der Waals surface area contributed by atoms with E-state index in [1.807, 2.05) is 25.1 Å². The van der Waals surface area contributed by atoms with Gasteiger partial charge in [-0.25, -0.2) is 4.68 Å². The predicted molar refractivity (Wildman–Crippen MR) is 70.6 cm³/mol. The molecule has 0 radical (unpaired) electrons. The summed E-state index contributed by atoms with van der Waals surface area (Å²) in [6.07, 6.45) is 0. The summed E-state index contributed by atoms with van der Waals surface area (Å²) in [5.74, 6) is 0.650. The van der Waals surface area contributed by atoms with Crippen molar-refractivity contribution in [2.24, 2.45) is 0 Å². The molecular formula is C12H10BrN3O2. The smallest absolute Gasteiger partial charge is 0.274 e. The van der Waals surface area contributed by atoms with Crippen LogP contribution in [0, 0.1) is 6.92 Å². The van der Waals surface area contributed by atoms with Crippen LogP contribution in [0.3, 0.4) is 0 Å². The van der Waals surface area contributed by atoms with Crippen molar-refractivity contribution in [2.75, 3.05) is 0 Å². The predicted octanol–water partition coefficient (Wildman–Crippen LogP) is 2.44. The van der Waals surface area contributed by atoms with Gasteiger partial charge in [-0.15, -0.1) is 0 Å². The van der Waals surface area contributed by atoms with Crippen LogP contribution in [-0.4, -0.2) is 14.9 Å². The SMILES string of the molecule is Cc1cc(Cn2[nH]c3c(Br)cccc3c2=O)on1. The minimum atomic E-state index is -0.0691. The van der Waals surface area contributed by atoms with E-state index in [2.05, 4.69) is 26.2 Å². The first-order valence-corrected chi connectivity index (χ1v) is 6.23. The number of rotatable bonds is 2. The zero-order valence-electron chi connectivity index (χ0n) is 9.61. The Labute approximate surface area is 111 Å². The van der Waals surface area contributed by atoms with E-state index in [1.165, 1.54) is 4.68 Å². The van der Waals surface area contributed by atoms with Gasteiger partial charge in [0.1, 0.15) is 6.54 Å². The maximum Gasteiger partial charge on any atom is 0.274 e. The highest BCUT2D eigenvalue weighted by Crippen LogP contribution is 2.19. The van der Waals surface area contributed by atoms with Gasteiger partial charge in [0.2, 0.25) is 0 Å². The second kappa shape index (κ2) is 4.13. The molecule has 5 nitrogen and oxygen atoms in total. The lowest BCUT2D eigenvalue weighted by atomic mass is 10.2. The number of fused-ring (bicyclic) bond motifs is 1. The summed E-state index contributed by atoms with van der Waals surface area (Å²) in [4.78, 5) is 12.1. The first kappa shape index (κ1) is 11.3. The van der Waals surface area contributed by atoms with Crippen molar-refractivity contribution >= 4 is 26.8 Å². The molecule has 0 spiro atoms. The molecule has 0 bridgehead atoms. The number of aryl methyl sites for hydroxylation is 1. The highest BCUT2D eigenvalue weighted by molar-refractivity contribution is 9.10. The average molecular weight is 308 g/mol. The molecule has 1 aromatic carbocycles. The minimum absolute atomic E-state index is 0.0691. The minimum Gasteiger partial charge on any atom is -0.359 e. The molecule has 2 heterocycles. The fourth-order valence-corrected chi connectivity index (χ4v) is 2.36. The van der Waals surface area contributed by atoms with Gasteiger partial charge in [0.25, 0.3) is 5.56 Å². The van der Waals surface area contributed by atoms with Gasteiger partial charge < -0.3 is 4.52 Å². The van der Waals surface area contributed by atoms with Gasteiger partial charge >= 0.3 is 0 Å². The standard InChI is InChI=1S/C12H10BrN3O2/c1-7-5-8(18-15-7)6-16-12(17)9-3-2-4-10(13)11(9)14-16/h2-5,14H,6H2,1H3. The van der Waals surface area contributed by atoms with E-state index in [-0.39, 0.29) is 5.56 Å². The van der Waals surface area contributed by atoms with E-state index >= 15 is 0 Å². The highest BCUT2D eigenvalue weighted by Gasteiger charge is 2.10. The molecule has 92 valence electrons. The number of para-hydroxylation sites is 1. The summed E-state index contributed by atoms with van der Waals surface area (Å²) in [5, 5.41) is 7.51. The van der Waals surface area contributed by atoms with Gasteiger partial charge in [-0.2, -0.15) is 0 Å². The average Bonchev–Trinajstić information content (AvgIpc) is 2.88. The first-order valence-electron chi connectivity index (χ1n) is 5.44. The lowest BCUT2D eigenvalue weighted by Gasteiger charge is -1.96. The normalized spacial score (nSPS) is 11.2. The van der Waals surface area contributed by atoms with E-state index in [4.69, 9.17) is 4.52 Å². The monoisotopic (exact) mass is 307 g/mol. The number of aromatic amines is 1. The Kier molecular flexibility index (Phi) is 2.59. The number of hydrogen-bond acceptors (Lipinski definition) is 3. The molecule has 2 aromatic heterocycles. The van der Waals surface area contributed by atoms with Crippen LogP contribution >= 0.6 is 15.9 Å². The maximum absolute atomic E-state index is 12.1. The molecular weight excluding hydrogens is 298 g/mol. The van der Waals surface area contributed by atoms with Gasteiger partial charge in [0.15, 0.2) is 5.76 Å². The number of H-pyrrole nitrogens is 1. The molecule has 3 rings (SSSR count). The van der Waals surface area contributed by atoms with Gasteiger partial charge in [-0.05, 0) is 35.0 Å². The number of benzene rings is 1. The third-order valence-corrected chi connectivity index (χ3v) is 3.39. The highest BCUT2D eigenvalue weighted by atomic mass is 79.9. The van der Waals surface area contributed by atoms with Gasteiger partial charge in [-0.3, -0.25) is 9.89 Å². The quantitative estimate of drug-likeness (QED) is 0.791. The Morgan fingerprint density at radius 2 is 2.33 bits per heavy atom. The molecule has 0 aliphatic heterocycles. The zero-order valence-corrected chi connectivity index (χ0v) is 11.2. The van der Waals surface area contributed by atoms with E-state index in [0.29, 0.717) is 17.7 Å². The molecule has 0 atom stereocenters. The van der Waals surface area contributed by atoms with Crippen molar-refractivity contribution < 1.29 is 4.52 Å². The Balaban J connectivity index is 2.10. The zero-order chi connectivity index (χ0) is 12.7. The molecule has 0 aliphatic rings. The lowest BCUT2D eigenvalue weighted by Crippen LogP contribution is -2.16. The summed E-state index contributed by atoms with van der Waals surface area (Å²) < 4.78 is 7.48. The van der Waals surface area contributed by atoms with Crippen molar-refractivity contribution in [2.45, 2.75) is 13.5 Å². The Hall–Kier alpha value is -1.82. The molecule has 1 N–H and O–H groups in total. The first-order chi connectivity index (χ1) is 8.65. The second-order valence-electron chi connectivity index (χ2n) is 4.10. The van der Waals surface area contributed by atoms with Gasteiger partial charge in [0, 0.05) is 10.5 Å². The summed E-state index contributed by atoms with van der Waals surface area (Å²) in [6, 6.07) is 7.33. The molecule has 0 amide bonds. The molecule has 18 heavy (non-hydrogen) atoms. The van der Waals surface area contributed by atoms with E-state index < -0.39 is 0 Å². The summed E-state index contributed by atoms with van der Waals surface area (Å²) >= 11 is 3.41. The Morgan fingerprint density at radius 1 is 1.50 bits per heavy atom. The van der Waals surface area contributed by atoms with Crippen molar-refractivity contribution in [3.8, 4) is 0 Å². The number of nitrogens with one attached hydrogen (secondary N) is 1. The van der Waals surface area contributed by atoms with Crippen LogP contribution in [0.5, 0.6) is 0 Å². The number of nitrogens with zero attached hydrogens (tertiary/aromatic N) is 2. The van der Waals surface area contributed by atoms with Crippen LogP contribution in [0.4, 0.5) is 0 Å². The molecule has 0 saturated carbocycles. The topological polar surface area (TPSA) is 63.8 Å². The fourth-order valence-electron chi connectivity index (χ4n) is 1.91. The molecule has 6 heteroatoms. The van der Waals surface area contributed by atoms with Gasteiger partial charge in [0.05, 0.1) is 16.6 Å². The number of halogens is 1. The third kappa shape index (κ3) is 1.78. The van der Waals surface area contributed by atoms with E-state index in [0.717, 1.165) is 15.7 Å². The molecule has 0 aliphatic carbocycles. The Morgan fingerprint density at radius 3 is 3.00 bits per heavy atom. The molecule has 0 unspecified atom stereocenters. The maximum atomic E-state index is 12.1. The number of hydrogen-bond donors (Lipinski definition) is 1. The summed E-state index contributed by atoms with van der Waals surface area (Å²) in [5.41, 5.74) is 1.52. The van der Waals surface area contributed by atoms with E-state index in [9.17, 15) is 4.79 Å². The van der Waals surface area contributed by atoms with Crippen molar-refractivity contribution in [1.82, 2.24) is 14.9 Å². The van der Waals surface area contributed by atoms with Crippen LogP contribution in [0.25, 0.3) is 10.9 Å². The molecule has 3 aromatic rings. The van der Waals surface area contributed by atoms with Crippen LogP contribution in [0.1, 0.15) is 11.5 Å². The lowest BCUT2D eigenvalue weighted by molar-refractivity contribution is 0.367. The second-order valence-corrected chi connectivity index (χ2v) is 4.95. The van der Waals surface area contributed by atoms with E-state index in [1.54, 1.807) is 6.07 Å². The van der Waals surface area contributed by atoms with Crippen molar-refractivity contribution in [3.63, 3.8) is 0 Å². The summed E-state index contributed by atoms with van der Waals surface area (Å²) in [7, 11) is 0. The Bertz CT molecular complexity index is 769. The summed E-state index contributed by atoms with van der Waals surface area (Å²) in [6.45, 7) is 2.19. The van der Waals surface area contributed by atoms with Crippen LogP contribution in [-0.2, 0) is 6.54 Å². The van der Waals surface area contributed by atoms with Crippen molar-refractivity contribution in [1.29, 1.82) is 0 Å².